The van der Waals surface area contributed by atoms with E-state index in [1.165, 1.54) is 6.33 Å². The van der Waals surface area contributed by atoms with Gasteiger partial charge in [0.15, 0.2) is 0 Å². The monoisotopic (exact) mass is 345 g/mol. The van der Waals surface area contributed by atoms with E-state index in [1.807, 2.05) is 0 Å². The van der Waals surface area contributed by atoms with E-state index >= 15 is 0 Å². The molecule has 0 aromatic carbocycles. The number of nitrogens with one attached hydrogen (secondary N) is 2. The zero-order chi connectivity index (χ0) is 11.5. The Bertz CT molecular complexity index is 513. The number of aromatic amines is 1. The van der Waals surface area contributed by atoms with Crippen LogP contribution < -0.4 is 5.32 Å². The van der Waals surface area contributed by atoms with Crippen LogP contribution in [-0.2, 0) is 0 Å². The molecule has 0 spiro atoms. The summed E-state index contributed by atoms with van der Waals surface area (Å²) >= 11 is 6.51. The van der Waals surface area contributed by atoms with Gasteiger partial charge in [0.25, 0.3) is 5.91 Å². The molecule has 2 N–H and O–H groups in total. The minimum absolute atomic E-state index is 0.277. The van der Waals surface area contributed by atoms with Gasteiger partial charge in [-0.2, -0.15) is 10.1 Å². The zero-order valence-corrected chi connectivity index (χ0v) is 10.9. The predicted molar refractivity (Wildman–Crippen MR) is 64.0 cm³/mol. The van der Waals surface area contributed by atoms with E-state index in [2.05, 4.69) is 57.3 Å². The van der Waals surface area contributed by atoms with Crippen molar-refractivity contribution in [3.8, 4) is 0 Å². The van der Waals surface area contributed by atoms with Gasteiger partial charge in [-0.25, -0.2) is 10.1 Å². The summed E-state index contributed by atoms with van der Waals surface area (Å²) < 4.78 is 1.38. The van der Waals surface area contributed by atoms with Gasteiger partial charge >= 0.3 is 0 Å². The second-order valence-electron chi connectivity index (χ2n) is 2.77. The number of hydrogen-bond donors (Lipinski definition) is 2. The van der Waals surface area contributed by atoms with Crippen molar-refractivity contribution in [1.29, 1.82) is 0 Å². The van der Waals surface area contributed by atoms with Gasteiger partial charge in [0.2, 0.25) is 5.95 Å². The quantitative estimate of drug-likeness (QED) is 0.870. The fourth-order valence-electron chi connectivity index (χ4n) is 1.01. The lowest BCUT2D eigenvalue weighted by Crippen LogP contribution is -2.15. The maximum atomic E-state index is 11.7. The SMILES string of the molecule is O=C(Nc1ncn[nH]1)c1ncc(Br)cc1Br. The standard InChI is InChI=1S/C8H5Br2N5O/c9-4-1-5(10)6(11-2-4)7(16)14-8-12-3-13-15-8/h1-3H,(H2,12,13,14,15,16). The molecule has 16 heavy (non-hydrogen) atoms. The molecular weight excluding hydrogens is 342 g/mol. The van der Waals surface area contributed by atoms with Crippen LogP contribution in [0.4, 0.5) is 5.95 Å². The summed E-state index contributed by atoms with van der Waals surface area (Å²) in [6.45, 7) is 0. The van der Waals surface area contributed by atoms with Crippen LogP contribution in [0.2, 0.25) is 0 Å². The molecule has 0 aliphatic carbocycles. The smallest absolute Gasteiger partial charge is 0.277 e. The van der Waals surface area contributed by atoms with Crippen LogP contribution in [0.15, 0.2) is 27.5 Å². The molecule has 0 bridgehead atoms. The first-order chi connectivity index (χ1) is 7.66. The third kappa shape index (κ3) is 2.45. The first-order valence-corrected chi connectivity index (χ1v) is 5.73. The second-order valence-corrected chi connectivity index (χ2v) is 4.54. The van der Waals surface area contributed by atoms with E-state index in [0.717, 1.165) is 4.47 Å². The Morgan fingerprint density at radius 1 is 1.38 bits per heavy atom. The summed E-state index contributed by atoms with van der Waals surface area (Å²) in [5.41, 5.74) is 0.277. The summed E-state index contributed by atoms with van der Waals surface area (Å²) in [4.78, 5) is 19.5. The van der Waals surface area contributed by atoms with Crippen molar-refractivity contribution in [3.63, 3.8) is 0 Å². The third-order valence-corrected chi connectivity index (χ3v) is 2.71. The van der Waals surface area contributed by atoms with Crippen molar-refractivity contribution in [3.05, 3.63) is 33.2 Å². The van der Waals surface area contributed by atoms with Crippen LogP contribution in [0.5, 0.6) is 0 Å². The second kappa shape index (κ2) is 4.71. The van der Waals surface area contributed by atoms with Crippen molar-refractivity contribution in [1.82, 2.24) is 20.2 Å². The van der Waals surface area contributed by atoms with Gasteiger partial charge < -0.3 is 0 Å². The number of nitrogens with zero attached hydrogens (tertiary/aromatic N) is 3. The molecule has 2 rings (SSSR count). The summed E-state index contributed by atoms with van der Waals surface area (Å²) in [7, 11) is 0. The van der Waals surface area contributed by atoms with Gasteiger partial charge in [-0.15, -0.1) is 0 Å². The largest absolute Gasteiger partial charge is 0.289 e. The summed E-state index contributed by atoms with van der Waals surface area (Å²) in [6, 6.07) is 1.74. The molecule has 8 heteroatoms. The van der Waals surface area contributed by atoms with Gasteiger partial charge in [-0.05, 0) is 37.9 Å². The van der Waals surface area contributed by atoms with Crippen LogP contribution in [0, 0.1) is 0 Å². The van der Waals surface area contributed by atoms with Crippen molar-refractivity contribution in [2.75, 3.05) is 5.32 Å². The molecule has 0 saturated carbocycles. The van der Waals surface area contributed by atoms with Crippen LogP contribution in [0.3, 0.4) is 0 Å². The normalized spacial score (nSPS) is 10.1. The van der Waals surface area contributed by atoms with Gasteiger partial charge in [0.05, 0.1) is 4.47 Å². The first-order valence-electron chi connectivity index (χ1n) is 4.14. The molecule has 0 radical (unpaired) electrons. The number of rotatable bonds is 2. The Hall–Kier alpha value is -1.28. The lowest BCUT2D eigenvalue weighted by Gasteiger charge is -2.03. The average Bonchev–Trinajstić information content (AvgIpc) is 2.70. The molecule has 0 atom stereocenters. The maximum Gasteiger partial charge on any atom is 0.277 e. The van der Waals surface area contributed by atoms with Gasteiger partial charge in [-0.1, -0.05) is 0 Å². The Balaban J connectivity index is 2.21. The molecule has 1 amide bonds. The number of pyridine rings is 1. The Morgan fingerprint density at radius 2 is 2.19 bits per heavy atom. The van der Waals surface area contributed by atoms with E-state index in [9.17, 15) is 4.79 Å². The van der Waals surface area contributed by atoms with Crippen LogP contribution in [0.1, 0.15) is 10.5 Å². The van der Waals surface area contributed by atoms with E-state index in [1.54, 1.807) is 12.3 Å². The first kappa shape index (κ1) is 11.2. The Labute approximate surface area is 107 Å². The van der Waals surface area contributed by atoms with Crippen molar-refractivity contribution in [2.45, 2.75) is 0 Å². The van der Waals surface area contributed by atoms with Crippen molar-refractivity contribution >= 4 is 43.7 Å². The van der Waals surface area contributed by atoms with Crippen LogP contribution in [0.25, 0.3) is 0 Å². The fraction of sp³-hybridized carbons (Fsp3) is 0. The van der Waals surface area contributed by atoms with E-state index in [4.69, 9.17) is 0 Å². The lowest BCUT2D eigenvalue weighted by atomic mass is 10.3. The molecule has 82 valence electrons. The highest BCUT2D eigenvalue weighted by Crippen LogP contribution is 2.19. The number of halogens is 2. The van der Waals surface area contributed by atoms with Gasteiger partial charge in [-0.3, -0.25) is 10.1 Å². The summed E-state index contributed by atoms with van der Waals surface area (Å²) in [5, 5.41) is 8.66. The highest BCUT2D eigenvalue weighted by Gasteiger charge is 2.13. The number of amides is 1. The van der Waals surface area contributed by atoms with Crippen LogP contribution in [-0.4, -0.2) is 26.1 Å². The predicted octanol–water partition coefficient (Wildman–Crippen LogP) is 1.98. The van der Waals surface area contributed by atoms with Gasteiger partial charge in [0.1, 0.15) is 12.0 Å². The molecule has 0 aliphatic rings. The van der Waals surface area contributed by atoms with Crippen molar-refractivity contribution in [2.24, 2.45) is 0 Å². The van der Waals surface area contributed by atoms with E-state index in [0.29, 0.717) is 4.47 Å². The molecule has 0 saturated heterocycles. The molecule has 0 aliphatic heterocycles. The fourth-order valence-corrected chi connectivity index (χ4v) is 2.18. The average molecular weight is 347 g/mol. The number of aromatic nitrogens is 4. The molecule has 0 unspecified atom stereocenters. The molecule has 6 nitrogen and oxygen atoms in total. The number of carbonyl (C=O) groups is 1. The number of carbonyl (C=O) groups excluding carboxylic acids is 1. The maximum absolute atomic E-state index is 11.7. The lowest BCUT2D eigenvalue weighted by molar-refractivity contribution is 0.102. The molecule has 2 heterocycles. The molecular formula is C8H5Br2N5O. The molecule has 2 aromatic heterocycles. The zero-order valence-electron chi connectivity index (χ0n) is 7.74. The highest BCUT2D eigenvalue weighted by atomic mass is 79.9. The topological polar surface area (TPSA) is 83.6 Å². The molecule has 2 aromatic rings. The van der Waals surface area contributed by atoms with Gasteiger partial charge in [0, 0.05) is 10.7 Å². The summed E-state index contributed by atoms with van der Waals surface area (Å²) in [5.74, 6) is -0.0854. The molecule has 0 fully saturated rings. The Morgan fingerprint density at radius 3 is 2.81 bits per heavy atom. The number of H-pyrrole nitrogens is 1. The summed E-state index contributed by atoms with van der Waals surface area (Å²) in [6.07, 6.45) is 2.85. The van der Waals surface area contributed by atoms with Crippen LogP contribution >= 0.6 is 31.9 Å². The highest BCUT2D eigenvalue weighted by molar-refractivity contribution is 9.11. The van der Waals surface area contributed by atoms with Crippen molar-refractivity contribution < 1.29 is 4.79 Å². The van der Waals surface area contributed by atoms with E-state index in [-0.39, 0.29) is 17.5 Å². The third-order valence-electron chi connectivity index (χ3n) is 1.67. The number of hydrogen-bond acceptors (Lipinski definition) is 4. The minimum Gasteiger partial charge on any atom is -0.289 e. The number of anilines is 1. The van der Waals surface area contributed by atoms with E-state index < -0.39 is 0 Å². The Kier molecular flexibility index (Phi) is 3.30. The minimum atomic E-state index is -0.365.